The van der Waals surface area contributed by atoms with Crippen LogP contribution in [-0.4, -0.2) is 17.0 Å². The number of halogens is 1. The summed E-state index contributed by atoms with van der Waals surface area (Å²) in [6, 6.07) is 17.9. The summed E-state index contributed by atoms with van der Waals surface area (Å²) in [5.41, 5.74) is 4.11. The van der Waals surface area contributed by atoms with Crippen LogP contribution in [0.25, 0.3) is 11.1 Å². The average Bonchev–Trinajstić information content (AvgIpc) is 2.68. The summed E-state index contributed by atoms with van der Waals surface area (Å²) in [5, 5.41) is 12.8. The molecule has 154 valence electrons. The maximum atomic E-state index is 12.7. The molecular formula is C25H24ClNO3. The van der Waals surface area contributed by atoms with Crippen LogP contribution in [0.15, 0.2) is 60.7 Å². The zero-order valence-electron chi connectivity index (χ0n) is 17.4. The highest BCUT2D eigenvalue weighted by Crippen LogP contribution is 2.35. The minimum absolute atomic E-state index is 0.0164. The van der Waals surface area contributed by atoms with Crippen LogP contribution in [0.2, 0.25) is 5.02 Å². The number of amides is 1. The lowest BCUT2D eigenvalue weighted by Gasteiger charge is -2.19. The van der Waals surface area contributed by atoms with Gasteiger partial charge in [-0.05, 0) is 53.3 Å². The molecule has 3 aromatic carbocycles. The summed E-state index contributed by atoms with van der Waals surface area (Å²) in [4.78, 5) is 24.6. The summed E-state index contributed by atoms with van der Waals surface area (Å²) >= 11 is 6.47. The van der Waals surface area contributed by atoms with Gasteiger partial charge in [0.15, 0.2) is 0 Å². The SMILES string of the molecule is Cc1ccccc1-c1cc(C(=O)O)c(NC(=O)c2ccc(C(C)(C)C)cc2)cc1Cl. The number of aromatic carboxylic acids is 1. The molecule has 0 aliphatic heterocycles. The molecule has 0 saturated carbocycles. The highest BCUT2D eigenvalue weighted by atomic mass is 35.5. The lowest BCUT2D eigenvalue weighted by Crippen LogP contribution is -2.16. The number of rotatable bonds is 4. The Morgan fingerprint density at radius 1 is 0.933 bits per heavy atom. The molecule has 0 atom stereocenters. The van der Waals surface area contributed by atoms with E-state index in [1.807, 2.05) is 43.3 Å². The summed E-state index contributed by atoms with van der Waals surface area (Å²) in [7, 11) is 0. The number of hydrogen-bond donors (Lipinski definition) is 2. The van der Waals surface area contributed by atoms with Crippen LogP contribution in [-0.2, 0) is 5.41 Å². The second kappa shape index (κ2) is 8.33. The van der Waals surface area contributed by atoms with Gasteiger partial charge in [0.05, 0.1) is 16.3 Å². The standard InChI is InChI=1S/C25H24ClNO3/c1-15-7-5-6-8-18(15)19-13-20(24(29)30)22(14-21(19)26)27-23(28)16-9-11-17(12-10-16)25(2,3)4/h5-14H,1-4H3,(H,27,28)(H,29,30). The van der Waals surface area contributed by atoms with Gasteiger partial charge >= 0.3 is 5.97 Å². The quantitative estimate of drug-likeness (QED) is 0.501. The summed E-state index contributed by atoms with van der Waals surface area (Å²) in [6.07, 6.45) is 0. The van der Waals surface area contributed by atoms with E-state index in [9.17, 15) is 14.7 Å². The minimum Gasteiger partial charge on any atom is -0.478 e. The molecule has 0 fully saturated rings. The third-order valence-corrected chi connectivity index (χ3v) is 5.35. The van der Waals surface area contributed by atoms with E-state index >= 15 is 0 Å². The molecule has 3 aromatic rings. The van der Waals surface area contributed by atoms with E-state index in [-0.39, 0.29) is 16.7 Å². The lowest BCUT2D eigenvalue weighted by atomic mass is 9.86. The fourth-order valence-electron chi connectivity index (χ4n) is 3.25. The van der Waals surface area contributed by atoms with E-state index in [0.717, 1.165) is 16.7 Å². The predicted octanol–water partition coefficient (Wildman–Crippen LogP) is 6.56. The van der Waals surface area contributed by atoms with Crippen LogP contribution in [0.5, 0.6) is 0 Å². The first-order valence-electron chi connectivity index (χ1n) is 9.62. The Balaban J connectivity index is 1.96. The van der Waals surface area contributed by atoms with Gasteiger partial charge in [0.25, 0.3) is 5.91 Å². The maximum Gasteiger partial charge on any atom is 0.337 e. The molecule has 3 rings (SSSR count). The largest absolute Gasteiger partial charge is 0.478 e. The third kappa shape index (κ3) is 4.55. The molecule has 1 amide bonds. The third-order valence-electron chi connectivity index (χ3n) is 5.03. The molecule has 0 aliphatic rings. The first-order chi connectivity index (χ1) is 14.1. The number of carbonyl (C=O) groups excluding carboxylic acids is 1. The van der Waals surface area contributed by atoms with Crippen molar-refractivity contribution in [3.8, 4) is 11.1 Å². The van der Waals surface area contributed by atoms with Crippen LogP contribution in [0.4, 0.5) is 5.69 Å². The van der Waals surface area contributed by atoms with Crippen LogP contribution in [0.3, 0.4) is 0 Å². The highest BCUT2D eigenvalue weighted by Gasteiger charge is 2.19. The van der Waals surface area contributed by atoms with Crippen molar-refractivity contribution in [3.63, 3.8) is 0 Å². The number of carboxylic acids is 1. The normalized spacial score (nSPS) is 11.2. The van der Waals surface area contributed by atoms with E-state index in [4.69, 9.17) is 11.6 Å². The monoisotopic (exact) mass is 421 g/mol. The van der Waals surface area contributed by atoms with Crippen molar-refractivity contribution < 1.29 is 14.7 Å². The van der Waals surface area contributed by atoms with Crippen LogP contribution in [0.1, 0.15) is 52.6 Å². The van der Waals surface area contributed by atoms with Crippen LogP contribution < -0.4 is 5.32 Å². The van der Waals surface area contributed by atoms with Gasteiger partial charge in [-0.3, -0.25) is 4.79 Å². The summed E-state index contributed by atoms with van der Waals surface area (Å²) in [5.74, 6) is -1.53. The van der Waals surface area contributed by atoms with Crippen LogP contribution >= 0.6 is 11.6 Å². The van der Waals surface area contributed by atoms with Gasteiger partial charge in [-0.2, -0.15) is 0 Å². The van der Waals surface area contributed by atoms with Crippen molar-refractivity contribution in [3.05, 3.63) is 87.9 Å². The second-order valence-electron chi connectivity index (χ2n) is 8.28. The van der Waals surface area contributed by atoms with Crippen LogP contribution in [0, 0.1) is 6.92 Å². The molecule has 0 saturated heterocycles. The fraction of sp³-hybridized carbons (Fsp3) is 0.200. The first-order valence-corrected chi connectivity index (χ1v) is 10.0. The molecule has 0 unspecified atom stereocenters. The lowest BCUT2D eigenvalue weighted by molar-refractivity contribution is 0.0698. The molecule has 0 heterocycles. The number of anilines is 1. The molecular weight excluding hydrogens is 398 g/mol. The van der Waals surface area contributed by atoms with Gasteiger partial charge < -0.3 is 10.4 Å². The van der Waals surface area contributed by atoms with Gasteiger partial charge in [-0.15, -0.1) is 0 Å². The molecule has 0 aromatic heterocycles. The summed E-state index contributed by atoms with van der Waals surface area (Å²) < 4.78 is 0. The van der Waals surface area contributed by atoms with E-state index in [1.54, 1.807) is 12.1 Å². The van der Waals surface area contributed by atoms with E-state index < -0.39 is 11.9 Å². The van der Waals surface area contributed by atoms with Crippen molar-refractivity contribution >= 4 is 29.2 Å². The van der Waals surface area contributed by atoms with Gasteiger partial charge in [-0.25, -0.2) is 4.79 Å². The Labute approximate surface area is 181 Å². The van der Waals surface area contributed by atoms with Gasteiger partial charge in [0.2, 0.25) is 0 Å². The molecule has 0 radical (unpaired) electrons. The van der Waals surface area contributed by atoms with E-state index in [1.165, 1.54) is 12.1 Å². The minimum atomic E-state index is -1.14. The Hall–Kier alpha value is -3.11. The number of nitrogens with one attached hydrogen (secondary N) is 1. The molecule has 0 spiro atoms. The summed E-state index contributed by atoms with van der Waals surface area (Å²) in [6.45, 7) is 8.22. The van der Waals surface area contributed by atoms with E-state index in [2.05, 4.69) is 26.1 Å². The second-order valence-corrected chi connectivity index (χ2v) is 8.69. The van der Waals surface area contributed by atoms with E-state index in [0.29, 0.717) is 16.1 Å². The van der Waals surface area contributed by atoms with Gasteiger partial charge in [-0.1, -0.05) is 68.8 Å². The highest BCUT2D eigenvalue weighted by molar-refractivity contribution is 6.34. The van der Waals surface area contributed by atoms with Crippen molar-refractivity contribution in [2.75, 3.05) is 5.32 Å². The number of hydrogen-bond acceptors (Lipinski definition) is 2. The van der Waals surface area contributed by atoms with Crippen molar-refractivity contribution in [1.29, 1.82) is 0 Å². The number of carboxylic acid groups (broad SMARTS) is 1. The maximum absolute atomic E-state index is 12.7. The van der Waals surface area contributed by atoms with Gasteiger partial charge in [0.1, 0.15) is 0 Å². The average molecular weight is 422 g/mol. The smallest absolute Gasteiger partial charge is 0.337 e. The topological polar surface area (TPSA) is 66.4 Å². The molecule has 4 nitrogen and oxygen atoms in total. The number of aryl methyl sites for hydroxylation is 1. The van der Waals surface area contributed by atoms with Crippen molar-refractivity contribution in [2.24, 2.45) is 0 Å². The zero-order chi connectivity index (χ0) is 22.1. The Morgan fingerprint density at radius 2 is 1.57 bits per heavy atom. The molecule has 0 bridgehead atoms. The fourth-order valence-corrected chi connectivity index (χ4v) is 3.52. The molecule has 30 heavy (non-hydrogen) atoms. The van der Waals surface area contributed by atoms with Crippen molar-refractivity contribution in [1.82, 2.24) is 0 Å². The Morgan fingerprint density at radius 3 is 2.13 bits per heavy atom. The Kier molecular flexibility index (Phi) is 5.99. The van der Waals surface area contributed by atoms with Crippen molar-refractivity contribution in [2.45, 2.75) is 33.1 Å². The number of benzene rings is 3. The van der Waals surface area contributed by atoms with Gasteiger partial charge in [0, 0.05) is 11.1 Å². The zero-order valence-corrected chi connectivity index (χ0v) is 18.2. The first kappa shape index (κ1) is 21.6. The number of carbonyl (C=O) groups is 2. The molecule has 5 heteroatoms. The molecule has 0 aliphatic carbocycles. The predicted molar refractivity (Wildman–Crippen MR) is 122 cm³/mol. The Bertz CT molecular complexity index is 1110. The molecule has 2 N–H and O–H groups in total.